The molecule has 4 aliphatic rings. The minimum atomic E-state index is -0.294. The first-order valence-electron chi connectivity index (χ1n) is 9.23. The summed E-state index contributed by atoms with van der Waals surface area (Å²) in [5, 5.41) is 8.43. The zero-order valence-electron chi connectivity index (χ0n) is 14.5. The number of hydrogen-bond acceptors (Lipinski definition) is 5. The third kappa shape index (κ3) is 3.66. The number of carbonyl (C=O) groups is 2. The summed E-state index contributed by atoms with van der Waals surface area (Å²) in [7, 11) is 0. The maximum absolute atomic E-state index is 12.5. The summed E-state index contributed by atoms with van der Waals surface area (Å²) >= 11 is 1.34. The van der Waals surface area contributed by atoms with Gasteiger partial charge in [-0.1, -0.05) is 0 Å². The van der Waals surface area contributed by atoms with Crippen molar-refractivity contribution in [2.75, 3.05) is 11.9 Å². The number of hydrogen-bond donors (Lipinski definition) is 2. The van der Waals surface area contributed by atoms with Crippen molar-refractivity contribution >= 4 is 28.5 Å². The number of esters is 1. The van der Waals surface area contributed by atoms with E-state index >= 15 is 0 Å². The molecular formula is C18H25N3O3S. The molecule has 4 saturated carbocycles. The topological polar surface area (TPSA) is 80.3 Å². The van der Waals surface area contributed by atoms with Crippen molar-refractivity contribution in [1.29, 1.82) is 0 Å². The van der Waals surface area contributed by atoms with Crippen molar-refractivity contribution < 1.29 is 14.3 Å². The Hall–Kier alpha value is -1.63. The van der Waals surface area contributed by atoms with E-state index < -0.39 is 0 Å². The van der Waals surface area contributed by atoms with Gasteiger partial charge in [0, 0.05) is 10.9 Å². The highest BCUT2D eigenvalue weighted by Crippen LogP contribution is 2.55. The Morgan fingerprint density at radius 3 is 2.48 bits per heavy atom. The molecule has 4 aliphatic carbocycles. The SMILES string of the molecule is CCOC(=O)Cc1csc(NC(=O)NC23CC4CC(CC(C4)C2)C3)n1. The highest BCUT2D eigenvalue weighted by atomic mass is 32.1. The molecule has 2 N–H and O–H groups in total. The normalized spacial score (nSPS) is 32.4. The Balaban J connectivity index is 1.34. The number of thiazole rings is 1. The highest BCUT2D eigenvalue weighted by Gasteiger charge is 2.51. The van der Waals surface area contributed by atoms with Crippen LogP contribution in [0.1, 0.15) is 51.1 Å². The van der Waals surface area contributed by atoms with Crippen LogP contribution in [0.25, 0.3) is 0 Å². The Bertz CT molecular complexity index is 637. The van der Waals surface area contributed by atoms with Crippen molar-refractivity contribution in [3.63, 3.8) is 0 Å². The quantitative estimate of drug-likeness (QED) is 0.786. The largest absolute Gasteiger partial charge is 0.466 e. The van der Waals surface area contributed by atoms with Gasteiger partial charge in [-0.2, -0.15) is 0 Å². The number of anilines is 1. The van der Waals surface area contributed by atoms with Crippen molar-refractivity contribution in [3.8, 4) is 0 Å². The van der Waals surface area contributed by atoms with Gasteiger partial charge in [0.15, 0.2) is 5.13 Å². The molecule has 0 saturated heterocycles. The fraction of sp³-hybridized carbons (Fsp3) is 0.722. The Morgan fingerprint density at radius 1 is 1.24 bits per heavy atom. The van der Waals surface area contributed by atoms with E-state index in [0.29, 0.717) is 17.4 Å². The van der Waals surface area contributed by atoms with Gasteiger partial charge in [0.1, 0.15) is 0 Å². The van der Waals surface area contributed by atoms with E-state index in [9.17, 15) is 9.59 Å². The molecule has 1 aromatic rings. The molecule has 1 aromatic heterocycles. The first kappa shape index (κ1) is 16.8. The number of rotatable bonds is 5. The summed E-state index contributed by atoms with van der Waals surface area (Å²) in [6, 6.07) is -0.168. The molecule has 4 bridgehead atoms. The molecule has 1 heterocycles. The summed E-state index contributed by atoms with van der Waals surface area (Å²) in [5.74, 6) is 2.09. The molecule has 7 heteroatoms. The van der Waals surface area contributed by atoms with Crippen LogP contribution in [-0.4, -0.2) is 29.1 Å². The lowest BCUT2D eigenvalue weighted by molar-refractivity contribution is -0.142. The fourth-order valence-electron chi connectivity index (χ4n) is 5.44. The molecule has 136 valence electrons. The van der Waals surface area contributed by atoms with Gasteiger partial charge in [-0.3, -0.25) is 10.1 Å². The average Bonchev–Trinajstić information content (AvgIpc) is 2.91. The third-order valence-corrected chi connectivity index (χ3v) is 6.63. The number of nitrogens with zero attached hydrogens (tertiary/aromatic N) is 1. The molecule has 0 aromatic carbocycles. The van der Waals surface area contributed by atoms with Gasteiger partial charge in [0.2, 0.25) is 0 Å². The van der Waals surface area contributed by atoms with Crippen LogP contribution in [0.3, 0.4) is 0 Å². The smallest absolute Gasteiger partial charge is 0.321 e. The molecule has 6 nitrogen and oxygen atoms in total. The third-order valence-electron chi connectivity index (χ3n) is 5.82. The zero-order chi connectivity index (χ0) is 17.4. The maximum Gasteiger partial charge on any atom is 0.321 e. The van der Waals surface area contributed by atoms with E-state index in [1.54, 1.807) is 12.3 Å². The lowest BCUT2D eigenvalue weighted by atomic mass is 9.53. The second-order valence-electron chi connectivity index (χ2n) is 7.90. The van der Waals surface area contributed by atoms with Crippen LogP contribution < -0.4 is 10.6 Å². The summed E-state index contributed by atoms with van der Waals surface area (Å²) in [6.45, 7) is 2.14. The summed E-state index contributed by atoms with van der Waals surface area (Å²) in [5.41, 5.74) is 0.623. The molecular weight excluding hydrogens is 338 g/mol. The van der Waals surface area contributed by atoms with Gasteiger partial charge < -0.3 is 10.1 Å². The highest BCUT2D eigenvalue weighted by molar-refractivity contribution is 7.13. The number of amides is 2. The number of aromatic nitrogens is 1. The first-order valence-corrected chi connectivity index (χ1v) is 10.1. The zero-order valence-corrected chi connectivity index (χ0v) is 15.4. The van der Waals surface area contributed by atoms with Gasteiger partial charge >= 0.3 is 12.0 Å². The lowest BCUT2D eigenvalue weighted by Crippen LogP contribution is -2.60. The predicted octanol–water partition coefficient (Wildman–Crippen LogP) is 3.34. The summed E-state index contributed by atoms with van der Waals surface area (Å²) in [6.07, 6.45) is 7.57. The van der Waals surface area contributed by atoms with Crippen LogP contribution in [0.2, 0.25) is 0 Å². The number of carbonyl (C=O) groups excluding carboxylic acids is 2. The number of urea groups is 1. The van der Waals surface area contributed by atoms with E-state index in [1.807, 2.05) is 0 Å². The van der Waals surface area contributed by atoms with Crippen LogP contribution in [0, 0.1) is 17.8 Å². The van der Waals surface area contributed by atoms with Crippen LogP contribution in [0.5, 0.6) is 0 Å². The average molecular weight is 363 g/mol. The number of ether oxygens (including phenoxy) is 1. The van der Waals surface area contributed by atoms with Gasteiger partial charge in [0.25, 0.3) is 0 Å². The van der Waals surface area contributed by atoms with Crippen LogP contribution >= 0.6 is 11.3 Å². The van der Waals surface area contributed by atoms with E-state index in [2.05, 4.69) is 15.6 Å². The monoisotopic (exact) mass is 363 g/mol. The summed E-state index contributed by atoms with van der Waals surface area (Å²) < 4.78 is 4.92. The molecule has 4 fully saturated rings. The Morgan fingerprint density at radius 2 is 1.88 bits per heavy atom. The van der Waals surface area contributed by atoms with Crippen molar-refractivity contribution in [2.24, 2.45) is 17.8 Å². The standard InChI is InChI=1S/C18H25N3O3S/c1-2-24-15(22)6-14-10-25-17(19-14)20-16(23)21-18-7-11-3-12(8-18)5-13(4-11)9-18/h10-13H,2-9H2,1H3,(H2,19,20,21,23). The van der Waals surface area contributed by atoms with Gasteiger partial charge in [-0.15, -0.1) is 11.3 Å². The van der Waals surface area contributed by atoms with E-state index in [4.69, 9.17) is 4.74 Å². The predicted molar refractivity (Wildman–Crippen MR) is 95.5 cm³/mol. The molecule has 0 aliphatic heterocycles. The molecule has 0 spiro atoms. The van der Waals surface area contributed by atoms with Crippen molar-refractivity contribution in [2.45, 2.75) is 57.4 Å². The second-order valence-corrected chi connectivity index (χ2v) is 8.76. The molecule has 0 atom stereocenters. The lowest BCUT2D eigenvalue weighted by Gasteiger charge is -2.56. The van der Waals surface area contributed by atoms with Crippen LogP contribution in [0.4, 0.5) is 9.93 Å². The number of nitrogens with one attached hydrogen (secondary N) is 2. The minimum Gasteiger partial charge on any atom is -0.466 e. The van der Waals surface area contributed by atoms with Crippen LogP contribution in [-0.2, 0) is 16.0 Å². The Labute approximate surface area is 151 Å². The molecule has 5 rings (SSSR count). The van der Waals surface area contributed by atoms with E-state index in [-0.39, 0.29) is 24.0 Å². The molecule has 0 unspecified atom stereocenters. The Kier molecular flexibility index (Phi) is 4.43. The first-order chi connectivity index (χ1) is 12.0. The molecule has 2 amide bonds. The van der Waals surface area contributed by atoms with Crippen molar-refractivity contribution in [1.82, 2.24) is 10.3 Å². The molecule has 25 heavy (non-hydrogen) atoms. The van der Waals surface area contributed by atoms with E-state index in [0.717, 1.165) is 37.0 Å². The summed E-state index contributed by atoms with van der Waals surface area (Å²) in [4.78, 5) is 28.3. The van der Waals surface area contributed by atoms with Gasteiger partial charge in [0.05, 0.1) is 18.7 Å². The van der Waals surface area contributed by atoms with Crippen LogP contribution in [0.15, 0.2) is 5.38 Å². The van der Waals surface area contributed by atoms with E-state index in [1.165, 1.54) is 30.6 Å². The minimum absolute atomic E-state index is 0.0101. The fourth-order valence-corrected chi connectivity index (χ4v) is 6.14. The van der Waals surface area contributed by atoms with Gasteiger partial charge in [-0.25, -0.2) is 9.78 Å². The second kappa shape index (κ2) is 6.59. The van der Waals surface area contributed by atoms with Crippen molar-refractivity contribution in [3.05, 3.63) is 11.1 Å². The molecule has 0 radical (unpaired) electrons. The maximum atomic E-state index is 12.5. The van der Waals surface area contributed by atoms with Gasteiger partial charge in [-0.05, 0) is 63.2 Å².